The van der Waals surface area contributed by atoms with E-state index in [0.29, 0.717) is 0 Å². The van der Waals surface area contributed by atoms with E-state index in [4.69, 9.17) is 10.2 Å². The summed E-state index contributed by atoms with van der Waals surface area (Å²) in [4.78, 5) is 11.7. The topological polar surface area (TPSA) is 68.3 Å². The molecule has 1 heterocycles. The molecule has 0 aliphatic heterocycles. The summed E-state index contributed by atoms with van der Waals surface area (Å²) in [5, 5.41) is 3.79. The van der Waals surface area contributed by atoms with E-state index in [1.54, 1.807) is 6.26 Å². The molecule has 90 valence electrons. The van der Waals surface area contributed by atoms with Crippen LogP contribution < -0.4 is 11.1 Å². The Morgan fingerprint density at radius 2 is 2.18 bits per heavy atom. The van der Waals surface area contributed by atoms with Crippen LogP contribution in [0.2, 0.25) is 0 Å². The molecule has 0 unspecified atom stereocenters. The van der Waals surface area contributed by atoms with E-state index in [0.717, 1.165) is 16.7 Å². The van der Waals surface area contributed by atoms with Gasteiger partial charge in [-0.3, -0.25) is 4.79 Å². The monoisotopic (exact) mass is 232 g/mol. The first kappa shape index (κ1) is 11.7. The molecule has 0 saturated carbocycles. The number of carbonyl (C=O) groups is 1. The molecule has 1 amide bonds. The van der Waals surface area contributed by atoms with Crippen LogP contribution in [0.4, 0.5) is 5.69 Å². The maximum atomic E-state index is 11.7. The molecule has 2 aromatic rings. The third-order valence-corrected chi connectivity index (χ3v) is 2.35. The van der Waals surface area contributed by atoms with Gasteiger partial charge >= 0.3 is 0 Å². The number of nitrogens with two attached hydrogens (primary N) is 1. The van der Waals surface area contributed by atoms with E-state index in [1.807, 2.05) is 38.1 Å². The van der Waals surface area contributed by atoms with Crippen LogP contribution in [0.5, 0.6) is 0 Å². The molecule has 0 fully saturated rings. The van der Waals surface area contributed by atoms with Gasteiger partial charge in [-0.15, -0.1) is 0 Å². The Kier molecular flexibility index (Phi) is 2.90. The Morgan fingerprint density at radius 3 is 2.88 bits per heavy atom. The molecule has 1 aromatic heterocycles. The van der Waals surface area contributed by atoms with Gasteiger partial charge in [0, 0.05) is 23.0 Å². The van der Waals surface area contributed by atoms with Crippen molar-refractivity contribution >= 4 is 22.6 Å². The second kappa shape index (κ2) is 4.22. The zero-order chi connectivity index (χ0) is 12.5. The van der Waals surface area contributed by atoms with Crippen molar-refractivity contribution < 1.29 is 9.21 Å². The minimum atomic E-state index is -0.496. The molecule has 0 aliphatic carbocycles. The molecule has 0 radical (unpaired) electrons. The molecule has 1 aromatic carbocycles. The van der Waals surface area contributed by atoms with Gasteiger partial charge in [0.15, 0.2) is 0 Å². The second-order valence-electron chi connectivity index (χ2n) is 4.89. The summed E-state index contributed by atoms with van der Waals surface area (Å²) in [7, 11) is 0. The van der Waals surface area contributed by atoms with Crippen molar-refractivity contribution in [3.05, 3.63) is 30.5 Å². The zero-order valence-corrected chi connectivity index (χ0v) is 9.99. The molecule has 17 heavy (non-hydrogen) atoms. The lowest BCUT2D eigenvalue weighted by Gasteiger charge is -2.17. The summed E-state index contributed by atoms with van der Waals surface area (Å²) in [6.45, 7) is 3.65. The molecule has 2 rings (SSSR count). The Morgan fingerprint density at radius 1 is 1.41 bits per heavy atom. The highest BCUT2D eigenvalue weighted by Gasteiger charge is 2.16. The van der Waals surface area contributed by atoms with Crippen molar-refractivity contribution in [3.63, 3.8) is 0 Å². The summed E-state index contributed by atoms with van der Waals surface area (Å²) >= 11 is 0. The van der Waals surface area contributed by atoms with E-state index in [1.165, 1.54) is 0 Å². The minimum absolute atomic E-state index is 0.0830. The van der Waals surface area contributed by atoms with Crippen LogP contribution in [-0.4, -0.2) is 11.4 Å². The van der Waals surface area contributed by atoms with E-state index < -0.39 is 5.54 Å². The van der Waals surface area contributed by atoms with Crippen molar-refractivity contribution in [2.45, 2.75) is 25.8 Å². The first-order valence-electron chi connectivity index (χ1n) is 5.50. The number of hydrogen-bond acceptors (Lipinski definition) is 3. The summed E-state index contributed by atoms with van der Waals surface area (Å²) in [5.74, 6) is -0.0830. The SMILES string of the molecule is CC(C)(N)CC(=O)Nc1ccc2occc2c1. The van der Waals surface area contributed by atoms with Gasteiger partial charge in [0.25, 0.3) is 0 Å². The number of benzene rings is 1. The third-order valence-electron chi connectivity index (χ3n) is 2.35. The van der Waals surface area contributed by atoms with Crippen LogP contribution in [0, 0.1) is 0 Å². The fraction of sp³-hybridized carbons (Fsp3) is 0.308. The van der Waals surface area contributed by atoms with Gasteiger partial charge in [-0.1, -0.05) is 0 Å². The van der Waals surface area contributed by atoms with Gasteiger partial charge in [-0.05, 0) is 38.1 Å². The normalized spacial score (nSPS) is 11.7. The Balaban J connectivity index is 2.10. The van der Waals surface area contributed by atoms with Crippen LogP contribution in [0.1, 0.15) is 20.3 Å². The summed E-state index contributed by atoms with van der Waals surface area (Å²) in [6, 6.07) is 7.38. The maximum absolute atomic E-state index is 11.7. The van der Waals surface area contributed by atoms with E-state index in [-0.39, 0.29) is 12.3 Å². The predicted octanol–water partition coefficient (Wildman–Crippen LogP) is 2.50. The minimum Gasteiger partial charge on any atom is -0.464 e. The molecule has 4 nitrogen and oxygen atoms in total. The number of hydrogen-bond donors (Lipinski definition) is 2. The van der Waals surface area contributed by atoms with E-state index in [2.05, 4.69) is 5.32 Å². The van der Waals surface area contributed by atoms with Crippen molar-refractivity contribution in [1.82, 2.24) is 0 Å². The molecule has 0 spiro atoms. The smallest absolute Gasteiger partial charge is 0.226 e. The molecule has 0 bridgehead atoms. The number of anilines is 1. The Labute approximate surface area is 99.8 Å². The van der Waals surface area contributed by atoms with E-state index >= 15 is 0 Å². The van der Waals surface area contributed by atoms with Crippen LogP contribution >= 0.6 is 0 Å². The quantitative estimate of drug-likeness (QED) is 0.854. The highest BCUT2D eigenvalue weighted by Crippen LogP contribution is 2.20. The van der Waals surface area contributed by atoms with Crippen molar-refractivity contribution in [1.29, 1.82) is 0 Å². The predicted molar refractivity (Wildman–Crippen MR) is 67.7 cm³/mol. The van der Waals surface area contributed by atoms with Crippen molar-refractivity contribution in [2.75, 3.05) is 5.32 Å². The second-order valence-corrected chi connectivity index (χ2v) is 4.89. The molecule has 3 N–H and O–H groups in total. The van der Waals surface area contributed by atoms with Gasteiger partial charge in [0.1, 0.15) is 5.58 Å². The first-order chi connectivity index (χ1) is 7.94. The fourth-order valence-corrected chi connectivity index (χ4v) is 1.66. The largest absolute Gasteiger partial charge is 0.464 e. The van der Waals surface area contributed by atoms with Gasteiger partial charge in [0.2, 0.25) is 5.91 Å². The molecule has 4 heteroatoms. The Hall–Kier alpha value is -1.81. The Bertz CT molecular complexity index is 538. The van der Waals surface area contributed by atoms with Crippen LogP contribution in [0.25, 0.3) is 11.0 Å². The molecule has 0 saturated heterocycles. The summed E-state index contributed by atoms with van der Waals surface area (Å²) in [5.41, 5.74) is 6.86. The average Bonchev–Trinajstić information content (AvgIpc) is 2.61. The highest BCUT2D eigenvalue weighted by atomic mass is 16.3. The third kappa shape index (κ3) is 3.07. The highest BCUT2D eigenvalue weighted by molar-refractivity contribution is 5.93. The first-order valence-corrected chi connectivity index (χ1v) is 5.50. The molecule has 0 aliphatic rings. The standard InChI is InChI=1S/C13H16N2O2/c1-13(2,14)8-12(16)15-10-3-4-11-9(7-10)5-6-17-11/h3-7H,8,14H2,1-2H3,(H,15,16). The lowest BCUT2D eigenvalue weighted by atomic mass is 10.0. The van der Waals surface area contributed by atoms with Crippen LogP contribution in [0.3, 0.4) is 0 Å². The maximum Gasteiger partial charge on any atom is 0.226 e. The molecule has 0 atom stereocenters. The molecular formula is C13H16N2O2. The van der Waals surface area contributed by atoms with Crippen molar-refractivity contribution in [2.24, 2.45) is 5.73 Å². The number of carbonyl (C=O) groups excluding carboxylic acids is 1. The van der Waals surface area contributed by atoms with Gasteiger partial charge in [0.05, 0.1) is 6.26 Å². The number of nitrogens with one attached hydrogen (secondary N) is 1. The lowest BCUT2D eigenvalue weighted by molar-refractivity contribution is -0.117. The number of amides is 1. The number of fused-ring (bicyclic) bond motifs is 1. The summed E-state index contributed by atoms with van der Waals surface area (Å²) < 4.78 is 5.23. The van der Waals surface area contributed by atoms with Gasteiger partial charge in [-0.25, -0.2) is 0 Å². The van der Waals surface area contributed by atoms with Crippen molar-refractivity contribution in [3.8, 4) is 0 Å². The molecular weight excluding hydrogens is 216 g/mol. The summed E-state index contributed by atoms with van der Waals surface area (Å²) in [6.07, 6.45) is 1.91. The van der Waals surface area contributed by atoms with Crippen LogP contribution in [0.15, 0.2) is 34.9 Å². The average molecular weight is 232 g/mol. The fourth-order valence-electron chi connectivity index (χ4n) is 1.66. The zero-order valence-electron chi connectivity index (χ0n) is 9.99. The van der Waals surface area contributed by atoms with Crippen LogP contribution in [-0.2, 0) is 4.79 Å². The van der Waals surface area contributed by atoms with Gasteiger partial charge in [-0.2, -0.15) is 0 Å². The van der Waals surface area contributed by atoms with Gasteiger partial charge < -0.3 is 15.5 Å². The van der Waals surface area contributed by atoms with E-state index in [9.17, 15) is 4.79 Å². The number of furan rings is 1. The number of rotatable bonds is 3. The lowest BCUT2D eigenvalue weighted by Crippen LogP contribution is -2.36.